The maximum Gasteiger partial charge on any atom is 0.229 e. The van der Waals surface area contributed by atoms with Crippen LogP contribution in [0.4, 0.5) is 22.7 Å². The van der Waals surface area contributed by atoms with Crippen LogP contribution in [-0.2, 0) is 22.7 Å². The third kappa shape index (κ3) is 8.15. The van der Waals surface area contributed by atoms with Crippen molar-refractivity contribution in [1.29, 1.82) is 0 Å². The summed E-state index contributed by atoms with van der Waals surface area (Å²) in [5.41, 5.74) is 5.10. The number of hydrogen-bond donors (Lipinski definition) is 4. The quantitative estimate of drug-likeness (QED) is 0.280. The highest BCUT2D eigenvalue weighted by atomic mass is 16.2. The molecule has 0 aliphatic carbocycles. The SMILES string of the molecule is CC(C)(C)C(=O)Nc1ccc(NCc2ccc(CNc3ccc(NC(=O)C(C)(C)C)cc3)cc2)cc1. The van der Waals surface area contributed by atoms with Gasteiger partial charge in [-0.05, 0) is 59.7 Å². The molecule has 6 heteroatoms. The number of rotatable bonds is 8. The van der Waals surface area contributed by atoms with Crippen molar-refractivity contribution >= 4 is 34.6 Å². The van der Waals surface area contributed by atoms with Crippen LogP contribution in [0.1, 0.15) is 52.7 Å². The summed E-state index contributed by atoms with van der Waals surface area (Å²) in [5, 5.41) is 12.7. The minimum absolute atomic E-state index is 0.000557. The molecule has 3 rings (SSSR count). The van der Waals surface area contributed by atoms with Crippen LogP contribution in [0, 0.1) is 10.8 Å². The number of nitrogens with one attached hydrogen (secondary N) is 4. The van der Waals surface area contributed by atoms with E-state index in [1.165, 1.54) is 11.1 Å². The zero-order valence-corrected chi connectivity index (χ0v) is 22.2. The Labute approximate surface area is 214 Å². The van der Waals surface area contributed by atoms with E-state index in [9.17, 15) is 9.59 Å². The summed E-state index contributed by atoms with van der Waals surface area (Å²) in [6.45, 7) is 12.8. The molecule has 3 aromatic rings. The summed E-state index contributed by atoms with van der Waals surface area (Å²) in [6, 6.07) is 24.0. The van der Waals surface area contributed by atoms with Gasteiger partial charge in [-0.25, -0.2) is 0 Å². The van der Waals surface area contributed by atoms with Gasteiger partial charge in [0.2, 0.25) is 11.8 Å². The van der Waals surface area contributed by atoms with Gasteiger partial charge in [0.25, 0.3) is 0 Å². The Morgan fingerprint density at radius 1 is 0.500 bits per heavy atom. The van der Waals surface area contributed by atoms with Crippen LogP contribution >= 0.6 is 0 Å². The van der Waals surface area contributed by atoms with Crippen molar-refractivity contribution in [3.8, 4) is 0 Å². The highest BCUT2D eigenvalue weighted by Crippen LogP contribution is 2.21. The number of carbonyl (C=O) groups excluding carboxylic acids is 2. The molecule has 0 heterocycles. The zero-order valence-electron chi connectivity index (χ0n) is 22.2. The molecule has 2 amide bonds. The average Bonchev–Trinajstić information content (AvgIpc) is 2.82. The lowest BCUT2D eigenvalue weighted by molar-refractivity contribution is -0.123. The monoisotopic (exact) mass is 486 g/mol. The number of carbonyl (C=O) groups is 2. The Balaban J connectivity index is 1.45. The van der Waals surface area contributed by atoms with Crippen LogP contribution in [0.15, 0.2) is 72.8 Å². The first-order valence-corrected chi connectivity index (χ1v) is 12.3. The van der Waals surface area contributed by atoms with E-state index in [1.54, 1.807) is 0 Å². The molecular formula is C30H38N4O2. The van der Waals surface area contributed by atoms with Gasteiger partial charge in [-0.3, -0.25) is 9.59 Å². The second-order valence-electron chi connectivity index (χ2n) is 11.1. The Morgan fingerprint density at radius 3 is 1.06 bits per heavy atom. The second-order valence-corrected chi connectivity index (χ2v) is 11.1. The van der Waals surface area contributed by atoms with E-state index in [-0.39, 0.29) is 11.8 Å². The molecule has 36 heavy (non-hydrogen) atoms. The average molecular weight is 487 g/mol. The molecule has 3 aromatic carbocycles. The molecule has 190 valence electrons. The van der Waals surface area contributed by atoms with Gasteiger partial charge in [-0.15, -0.1) is 0 Å². The van der Waals surface area contributed by atoms with Gasteiger partial charge in [0.15, 0.2) is 0 Å². The molecule has 0 fully saturated rings. The minimum atomic E-state index is -0.422. The van der Waals surface area contributed by atoms with Crippen LogP contribution in [-0.4, -0.2) is 11.8 Å². The summed E-state index contributed by atoms with van der Waals surface area (Å²) in [5.74, 6) is -0.00111. The summed E-state index contributed by atoms with van der Waals surface area (Å²) in [6.07, 6.45) is 0. The number of amides is 2. The van der Waals surface area contributed by atoms with E-state index < -0.39 is 10.8 Å². The molecule has 0 saturated heterocycles. The van der Waals surface area contributed by atoms with Crippen molar-refractivity contribution in [2.24, 2.45) is 10.8 Å². The predicted molar refractivity (Wildman–Crippen MR) is 150 cm³/mol. The zero-order chi connectivity index (χ0) is 26.3. The maximum absolute atomic E-state index is 12.1. The van der Waals surface area contributed by atoms with E-state index in [0.29, 0.717) is 13.1 Å². The van der Waals surface area contributed by atoms with Crippen LogP contribution in [0.3, 0.4) is 0 Å². The molecule has 0 spiro atoms. The Morgan fingerprint density at radius 2 is 0.778 bits per heavy atom. The second kappa shape index (κ2) is 11.3. The van der Waals surface area contributed by atoms with Crippen LogP contribution in [0.25, 0.3) is 0 Å². The van der Waals surface area contributed by atoms with E-state index in [1.807, 2.05) is 90.1 Å². The smallest absolute Gasteiger partial charge is 0.229 e. The first-order valence-electron chi connectivity index (χ1n) is 12.3. The highest BCUT2D eigenvalue weighted by Gasteiger charge is 2.21. The lowest BCUT2D eigenvalue weighted by Gasteiger charge is -2.18. The third-order valence-corrected chi connectivity index (χ3v) is 5.66. The summed E-state index contributed by atoms with van der Waals surface area (Å²) in [7, 11) is 0. The molecule has 0 bridgehead atoms. The molecule has 0 aliphatic rings. The van der Waals surface area contributed by atoms with Crippen molar-refractivity contribution in [2.45, 2.75) is 54.6 Å². The number of benzene rings is 3. The molecule has 0 radical (unpaired) electrons. The van der Waals surface area contributed by atoms with Gasteiger partial charge in [-0.2, -0.15) is 0 Å². The van der Waals surface area contributed by atoms with Crippen LogP contribution in [0.2, 0.25) is 0 Å². The largest absolute Gasteiger partial charge is 0.381 e. The molecule has 6 nitrogen and oxygen atoms in total. The van der Waals surface area contributed by atoms with Gasteiger partial charge >= 0.3 is 0 Å². The summed E-state index contributed by atoms with van der Waals surface area (Å²) >= 11 is 0. The molecule has 0 saturated carbocycles. The molecule has 0 aromatic heterocycles. The normalized spacial score (nSPS) is 11.5. The van der Waals surface area contributed by atoms with Crippen molar-refractivity contribution in [2.75, 3.05) is 21.3 Å². The standard InChI is InChI=1S/C30H38N4O2/c1-29(2,3)27(35)33-25-15-11-23(12-16-25)31-19-21-7-9-22(10-8-21)20-32-24-13-17-26(18-14-24)34-28(36)30(4,5)6/h7-18,31-32H,19-20H2,1-6H3,(H,33,35)(H,34,36). The van der Waals surface area contributed by atoms with Crippen molar-refractivity contribution < 1.29 is 9.59 Å². The molecule has 4 N–H and O–H groups in total. The van der Waals surface area contributed by atoms with Crippen LogP contribution in [0.5, 0.6) is 0 Å². The molecule has 0 atom stereocenters. The van der Waals surface area contributed by atoms with Crippen molar-refractivity contribution in [3.05, 3.63) is 83.9 Å². The fourth-order valence-electron chi connectivity index (χ4n) is 3.16. The molecular weight excluding hydrogens is 448 g/mol. The van der Waals surface area contributed by atoms with Gasteiger partial charge < -0.3 is 21.3 Å². The van der Waals surface area contributed by atoms with Gasteiger partial charge in [0.1, 0.15) is 0 Å². The number of anilines is 4. The first-order chi connectivity index (χ1) is 16.9. The van der Waals surface area contributed by atoms with Gasteiger partial charge in [0.05, 0.1) is 0 Å². The van der Waals surface area contributed by atoms with Gasteiger partial charge in [0, 0.05) is 46.7 Å². The predicted octanol–water partition coefficient (Wildman–Crippen LogP) is 6.88. The van der Waals surface area contributed by atoms with Gasteiger partial charge in [-0.1, -0.05) is 65.8 Å². The fourth-order valence-corrected chi connectivity index (χ4v) is 3.16. The third-order valence-electron chi connectivity index (χ3n) is 5.66. The van der Waals surface area contributed by atoms with Crippen molar-refractivity contribution in [1.82, 2.24) is 0 Å². The summed E-state index contributed by atoms with van der Waals surface area (Å²) < 4.78 is 0. The molecule has 0 unspecified atom stereocenters. The number of hydrogen-bond acceptors (Lipinski definition) is 4. The lowest BCUT2D eigenvalue weighted by Crippen LogP contribution is -2.27. The Bertz CT molecular complexity index is 1060. The highest BCUT2D eigenvalue weighted by molar-refractivity contribution is 5.95. The van der Waals surface area contributed by atoms with E-state index in [2.05, 4.69) is 45.5 Å². The summed E-state index contributed by atoms with van der Waals surface area (Å²) in [4.78, 5) is 24.2. The lowest BCUT2D eigenvalue weighted by atomic mass is 9.95. The fraction of sp³-hybridized carbons (Fsp3) is 0.333. The topological polar surface area (TPSA) is 82.3 Å². The van der Waals surface area contributed by atoms with E-state index >= 15 is 0 Å². The van der Waals surface area contributed by atoms with Crippen LogP contribution < -0.4 is 21.3 Å². The minimum Gasteiger partial charge on any atom is -0.381 e. The van der Waals surface area contributed by atoms with E-state index in [4.69, 9.17) is 0 Å². The Kier molecular flexibility index (Phi) is 8.41. The Hall–Kier alpha value is -3.80. The van der Waals surface area contributed by atoms with Crippen molar-refractivity contribution in [3.63, 3.8) is 0 Å². The first kappa shape index (κ1) is 26.8. The maximum atomic E-state index is 12.1. The van der Waals surface area contributed by atoms with E-state index in [0.717, 1.165) is 22.7 Å². The molecule has 0 aliphatic heterocycles.